The number of aryl methyl sites for hydroxylation is 1. The Hall–Kier alpha value is -1.12. The van der Waals surface area contributed by atoms with E-state index in [0.29, 0.717) is 5.69 Å². The van der Waals surface area contributed by atoms with Crippen LogP contribution in [0.2, 0.25) is 0 Å². The van der Waals surface area contributed by atoms with Gasteiger partial charge >= 0.3 is 0 Å². The Morgan fingerprint density at radius 3 is 2.69 bits per heavy atom. The molecule has 2 N–H and O–H groups in total. The van der Waals surface area contributed by atoms with Crippen molar-refractivity contribution < 1.29 is 8.78 Å². The van der Waals surface area contributed by atoms with E-state index in [9.17, 15) is 8.78 Å². The van der Waals surface area contributed by atoms with E-state index >= 15 is 0 Å². The molecule has 1 aliphatic rings. The van der Waals surface area contributed by atoms with Gasteiger partial charge in [-0.1, -0.05) is 0 Å². The summed E-state index contributed by atoms with van der Waals surface area (Å²) in [5.74, 6) is 0. The first-order chi connectivity index (χ1) is 6.18. The number of alkyl halides is 2. The molecule has 0 radical (unpaired) electrons. The zero-order chi connectivity index (χ0) is 9.42. The zero-order valence-electron chi connectivity index (χ0n) is 7.19. The average molecular weight is 183 g/mol. The number of nitrogens with two attached hydrogens (primary N) is 1. The molecule has 0 fully saturated rings. The van der Waals surface area contributed by atoms with Gasteiger partial charge in [0.05, 0.1) is 0 Å². The first-order valence-corrected chi connectivity index (χ1v) is 4.38. The van der Waals surface area contributed by atoms with E-state index in [2.05, 4.69) is 0 Å². The second-order valence-corrected chi connectivity index (χ2v) is 3.40. The lowest BCUT2D eigenvalue weighted by Crippen LogP contribution is -1.96. The molecular weight excluding hydrogens is 172 g/mol. The average Bonchev–Trinajstić information content (AvgIpc) is 2.51. The molecule has 0 aliphatic heterocycles. The van der Waals surface area contributed by atoms with Crippen LogP contribution in [0.3, 0.4) is 0 Å². The van der Waals surface area contributed by atoms with Gasteiger partial charge in [-0.3, -0.25) is 0 Å². The van der Waals surface area contributed by atoms with Crippen molar-refractivity contribution in [2.75, 3.05) is 5.73 Å². The normalized spacial score (nSPS) is 15.0. The molecule has 0 spiro atoms. The Morgan fingerprint density at radius 1 is 1.23 bits per heavy atom. The summed E-state index contributed by atoms with van der Waals surface area (Å²) in [6, 6.07) is 2.98. The molecule has 0 aromatic heterocycles. The summed E-state index contributed by atoms with van der Waals surface area (Å²) in [5, 5.41) is 0. The van der Waals surface area contributed by atoms with E-state index in [-0.39, 0.29) is 5.56 Å². The van der Waals surface area contributed by atoms with E-state index in [1.807, 2.05) is 0 Å². The van der Waals surface area contributed by atoms with Gasteiger partial charge in [0.15, 0.2) is 0 Å². The van der Waals surface area contributed by atoms with Gasteiger partial charge in [0, 0.05) is 11.3 Å². The number of hydrogen-bond acceptors (Lipinski definition) is 1. The maximum absolute atomic E-state index is 12.4. The van der Waals surface area contributed by atoms with Crippen LogP contribution in [0.25, 0.3) is 0 Å². The number of benzene rings is 1. The fourth-order valence-electron chi connectivity index (χ4n) is 1.89. The van der Waals surface area contributed by atoms with Crippen molar-refractivity contribution in [2.45, 2.75) is 25.7 Å². The van der Waals surface area contributed by atoms with Gasteiger partial charge in [-0.25, -0.2) is 8.78 Å². The number of fused-ring (bicyclic) bond motifs is 1. The minimum Gasteiger partial charge on any atom is -0.398 e. The molecule has 3 heteroatoms. The third kappa shape index (κ3) is 1.39. The van der Waals surface area contributed by atoms with Gasteiger partial charge in [0.25, 0.3) is 6.43 Å². The van der Waals surface area contributed by atoms with Crippen LogP contribution in [-0.4, -0.2) is 0 Å². The monoisotopic (exact) mass is 183 g/mol. The lowest BCUT2D eigenvalue weighted by Gasteiger charge is -2.07. The first kappa shape index (κ1) is 8.48. The highest BCUT2D eigenvalue weighted by atomic mass is 19.3. The summed E-state index contributed by atoms with van der Waals surface area (Å²) in [4.78, 5) is 0. The molecule has 0 heterocycles. The summed E-state index contributed by atoms with van der Waals surface area (Å²) < 4.78 is 24.7. The van der Waals surface area contributed by atoms with Crippen molar-refractivity contribution in [3.8, 4) is 0 Å². The minimum atomic E-state index is -2.41. The second kappa shape index (κ2) is 2.98. The van der Waals surface area contributed by atoms with Crippen LogP contribution in [0, 0.1) is 0 Å². The van der Waals surface area contributed by atoms with Crippen molar-refractivity contribution in [1.82, 2.24) is 0 Å². The Morgan fingerprint density at radius 2 is 2.00 bits per heavy atom. The van der Waals surface area contributed by atoms with Gasteiger partial charge in [-0.05, 0) is 42.5 Å². The Balaban J connectivity index is 2.49. The molecule has 1 aromatic carbocycles. The van der Waals surface area contributed by atoms with E-state index in [1.165, 1.54) is 6.07 Å². The molecule has 0 unspecified atom stereocenters. The van der Waals surface area contributed by atoms with Gasteiger partial charge in [-0.15, -0.1) is 0 Å². The van der Waals surface area contributed by atoms with Crippen molar-refractivity contribution in [3.63, 3.8) is 0 Å². The largest absolute Gasteiger partial charge is 0.398 e. The molecule has 1 nitrogen and oxygen atoms in total. The number of nitrogen functional groups attached to an aromatic ring is 1. The smallest absolute Gasteiger partial charge is 0.263 e. The van der Waals surface area contributed by atoms with Crippen molar-refractivity contribution in [1.29, 1.82) is 0 Å². The molecule has 1 aromatic rings. The molecule has 0 atom stereocenters. The topological polar surface area (TPSA) is 26.0 Å². The second-order valence-electron chi connectivity index (χ2n) is 3.40. The summed E-state index contributed by atoms with van der Waals surface area (Å²) in [6.07, 6.45) is 0.449. The lowest BCUT2D eigenvalue weighted by molar-refractivity contribution is 0.151. The van der Waals surface area contributed by atoms with Crippen LogP contribution in [0.5, 0.6) is 0 Å². The number of rotatable bonds is 1. The summed E-state index contributed by atoms with van der Waals surface area (Å²) >= 11 is 0. The Kier molecular flexibility index (Phi) is 1.94. The van der Waals surface area contributed by atoms with Crippen molar-refractivity contribution in [2.24, 2.45) is 0 Å². The van der Waals surface area contributed by atoms with Crippen LogP contribution in [0.1, 0.15) is 29.5 Å². The molecular formula is C10H11F2N. The molecule has 13 heavy (non-hydrogen) atoms. The minimum absolute atomic E-state index is 0.0538. The number of halogens is 2. The lowest BCUT2D eigenvalue weighted by atomic mass is 10.0. The predicted octanol–water partition coefficient (Wildman–Crippen LogP) is 2.70. The van der Waals surface area contributed by atoms with E-state index < -0.39 is 6.43 Å². The zero-order valence-corrected chi connectivity index (χ0v) is 7.19. The molecule has 0 bridgehead atoms. The fourth-order valence-corrected chi connectivity index (χ4v) is 1.89. The highest BCUT2D eigenvalue weighted by Crippen LogP contribution is 2.31. The third-order valence-electron chi connectivity index (χ3n) is 2.52. The maximum atomic E-state index is 12.4. The van der Waals surface area contributed by atoms with Crippen LogP contribution in [0.4, 0.5) is 14.5 Å². The predicted molar refractivity (Wildman–Crippen MR) is 47.8 cm³/mol. The van der Waals surface area contributed by atoms with Crippen LogP contribution >= 0.6 is 0 Å². The Labute approximate surface area is 75.6 Å². The van der Waals surface area contributed by atoms with E-state index in [4.69, 9.17) is 5.73 Å². The van der Waals surface area contributed by atoms with Gasteiger partial charge in [0.1, 0.15) is 0 Å². The van der Waals surface area contributed by atoms with Gasteiger partial charge in [0.2, 0.25) is 0 Å². The van der Waals surface area contributed by atoms with Crippen LogP contribution in [0.15, 0.2) is 12.1 Å². The highest BCUT2D eigenvalue weighted by Gasteiger charge is 2.17. The Bertz CT molecular complexity index is 334. The molecule has 0 saturated carbocycles. The van der Waals surface area contributed by atoms with E-state index in [1.54, 1.807) is 6.07 Å². The summed E-state index contributed by atoms with van der Waals surface area (Å²) in [7, 11) is 0. The van der Waals surface area contributed by atoms with Crippen molar-refractivity contribution in [3.05, 3.63) is 28.8 Å². The SMILES string of the molecule is Nc1cc(C(F)F)cc2c1CCC2. The van der Waals surface area contributed by atoms with Crippen LogP contribution in [-0.2, 0) is 12.8 Å². The van der Waals surface area contributed by atoms with E-state index in [0.717, 1.165) is 30.4 Å². The highest BCUT2D eigenvalue weighted by molar-refractivity contribution is 5.55. The van der Waals surface area contributed by atoms with Crippen molar-refractivity contribution >= 4 is 5.69 Å². The quantitative estimate of drug-likeness (QED) is 0.665. The summed E-state index contributed by atoms with van der Waals surface area (Å²) in [5.41, 5.74) is 8.35. The summed E-state index contributed by atoms with van der Waals surface area (Å²) in [6.45, 7) is 0. The molecule has 0 saturated heterocycles. The van der Waals surface area contributed by atoms with Gasteiger partial charge in [-0.2, -0.15) is 0 Å². The number of anilines is 1. The molecule has 70 valence electrons. The standard InChI is InChI=1S/C10H11F2N/c11-10(12)7-4-6-2-1-3-8(6)9(13)5-7/h4-5,10H,1-3,13H2. The number of hydrogen-bond donors (Lipinski definition) is 1. The molecule has 2 rings (SSSR count). The third-order valence-corrected chi connectivity index (χ3v) is 2.52. The molecule has 0 amide bonds. The fraction of sp³-hybridized carbons (Fsp3) is 0.400. The van der Waals surface area contributed by atoms with Crippen LogP contribution < -0.4 is 5.73 Å². The van der Waals surface area contributed by atoms with Gasteiger partial charge < -0.3 is 5.73 Å². The maximum Gasteiger partial charge on any atom is 0.263 e. The molecule has 1 aliphatic carbocycles. The first-order valence-electron chi connectivity index (χ1n) is 4.38.